The standard InChI is InChI=1S/C17H15N3O3S/c1-2-23-16(21)14-15(12-8-10-20(22)11-9-12)24-17(19-14)18-13-6-4-3-5-7-13/h3-11,22H,2H2,1H3. The Bertz CT molecular complexity index is 779. The number of hydrogen-bond donors (Lipinski definition) is 1. The molecule has 0 bridgehead atoms. The third-order valence-corrected chi connectivity index (χ3v) is 4.14. The lowest BCUT2D eigenvalue weighted by molar-refractivity contribution is -0.134. The van der Waals surface area contributed by atoms with Crippen LogP contribution in [0.3, 0.4) is 0 Å². The summed E-state index contributed by atoms with van der Waals surface area (Å²) in [5, 5.41) is 10.8. The fourth-order valence-corrected chi connectivity index (χ4v) is 3.02. The predicted octanol–water partition coefficient (Wildman–Crippen LogP) is 3.41. The topological polar surface area (TPSA) is 74.5 Å². The van der Waals surface area contributed by atoms with Gasteiger partial charge >= 0.3 is 5.97 Å². The second kappa shape index (κ2) is 7.29. The van der Waals surface area contributed by atoms with Crippen molar-refractivity contribution in [1.82, 2.24) is 5.06 Å². The number of allylic oxidation sites excluding steroid dienone is 3. The van der Waals surface area contributed by atoms with Crippen molar-refractivity contribution in [3.8, 4) is 0 Å². The molecule has 1 N–H and O–H groups in total. The van der Waals surface area contributed by atoms with Crippen molar-refractivity contribution in [3.05, 3.63) is 65.4 Å². The number of thioether (sulfide) groups is 1. The summed E-state index contributed by atoms with van der Waals surface area (Å²) in [6, 6.07) is 9.41. The van der Waals surface area contributed by atoms with Gasteiger partial charge in [-0.05, 0) is 48.5 Å². The number of carbonyl (C=O) groups excluding carboxylic acids is 1. The highest BCUT2D eigenvalue weighted by Crippen LogP contribution is 2.34. The Balaban J connectivity index is 1.98. The van der Waals surface area contributed by atoms with Crippen molar-refractivity contribution in [1.29, 1.82) is 0 Å². The van der Waals surface area contributed by atoms with E-state index in [0.717, 1.165) is 16.3 Å². The van der Waals surface area contributed by atoms with Gasteiger partial charge in [0.25, 0.3) is 0 Å². The number of aliphatic imine (C=N–C) groups is 2. The van der Waals surface area contributed by atoms with Crippen LogP contribution in [-0.2, 0) is 9.53 Å². The average molecular weight is 341 g/mol. The number of benzene rings is 1. The lowest BCUT2D eigenvalue weighted by Crippen LogP contribution is -2.18. The Labute approximate surface area is 143 Å². The fourth-order valence-electron chi connectivity index (χ4n) is 2.07. The number of hydroxylamine groups is 2. The van der Waals surface area contributed by atoms with Gasteiger partial charge in [0, 0.05) is 12.4 Å². The number of nitrogens with zero attached hydrogens (tertiary/aromatic N) is 3. The van der Waals surface area contributed by atoms with E-state index in [1.165, 1.54) is 24.2 Å². The van der Waals surface area contributed by atoms with Crippen LogP contribution in [-0.4, -0.2) is 33.7 Å². The van der Waals surface area contributed by atoms with Crippen LogP contribution >= 0.6 is 11.8 Å². The molecule has 0 aromatic heterocycles. The first-order valence-corrected chi connectivity index (χ1v) is 8.14. The summed E-state index contributed by atoms with van der Waals surface area (Å²) < 4.78 is 5.09. The number of amidine groups is 1. The van der Waals surface area contributed by atoms with Gasteiger partial charge in [0.2, 0.25) is 0 Å². The van der Waals surface area contributed by atoms with E-state index in [-0.39, 0.29) is 12.3 Å². The van der Waals surface area contributed by atoms with E-state index in [9.17, 15) is 10.0 Å². The Kier molecular flexibility index (Phi) is 4.93. The molecule has 3 rings (SSSR count). The number of hydrogen-bond acceptors (Lipinski definition) is 6. The maximum Gasteiger partial charge on any atom is 0.358 e. The second-order valence-electron chi connectivity index (χ2n) is 4.81. The van der Waals surface area contributed by atoms with Crippen LogP contribution in [0, 0.1) is 0 Å². The van der Waals surface area contributed by atoms with Crippen molar-refractivity contribution in [3.63, 3.8) is 0 Å². The quantitative estimate of drug-likeness (QED) is 0.853. The predicted molar refractivity (Wildman–Crippen MR) is 94.1 cm³/mol. The van der Waals surface area contributed by atoms with Gasteiger partial charge < -0.3 is 4.74 Å². The van der Waals surface area contributed by atoms with Gasteiger partial charge in [-0.2, -0.15) is 0 Å². The van der Waals surface area contributed by atoms with E-state index in [0.29, 0.717) is 10.1 Å². The van der Waals surface area contributed by atoms with Gasteiger partial charge in [0.05, 0.1) is 17.2 Å². The van der Waals surface area contributed by atoms with Crippen molar-refractivity contribution in [2.45, 2.75) is 6.92 Å². The first kappa shape index (κ1) is 16.2. The van der Waals surface area contributed by atoms with Crippen molar-refractivity contribution < 1.29 is 14.7 Å². The normalized spacial score (nSPS) is 18.3. The van der Waals surface area contributed by atoms with E-state index >= 15 is 0 Å². The molecule has 1 aromatic rings. The third-order valence-electron chi connectivity index (χ3n) is 3.14. The second-order valence-corrected chi connectivity index (χ2v) is 5.79. The Morgan fingerprint density at radius 3 is 2.67 bits per heavy atom. The van der Waals surface area contributed by atoms with E-state index in [1.54, 1.807) is 19.1 Å². The van der Waals surface area contributed by atoms with Gasteiger partial charge in [0.1, 0.15) is 0 Å². The van der Waals surface area contributed by atoms with Gasteiger partial charge in [-0.3, -0.25) is 5.21 Å². The minimum absolute atomic E-state index is 0.229. The summed E-state index contributed by atoms with van der Waals surface area (Å²) in [5.41, 5.74) is 1.75. The van der Waals surface area contributed by atoms with Crippen LogP contribution < -0.4 is 0 Å². The highest BCUT2D eigenvalue weighted by Gasteiger charge is 2.29. The number of carbonyl (C=O) groups is 1. The van der Waals surface area contributed by atoms with E-state index in [1.807, 2.05) is 30.3 Å². The zero-order valence-electron chi connectivity index (χ0n) is 12.9. The average Bonchev–Trinajstić information content (AvgIpc) is 3.00. The molecule has 0 amide bonds. The number of rotatable bonds is 3. The monoisotopic (exact) mass is 341 g/mol. The summed E-state index contributed by atoms with van der Waals surface area (Å²) in [4.78, 5) is 21.6. The largest absolute Gasteiger partial charge is 0.461 e. The smallest absolute Gasteiger partial charge is 0.358 e. The molecule has 0 aliphatic carbocycles. The van der Waals surface area contributed by atoms with Crippen molar-refractivity contribution in [2.75, 3.05) is 6.61 Å². The first-order chi connectivity index (χ1) is 11.7. The Morgan fingerprint density at radius 1 is 1.29 bits per heavy atom. The van der Waals surface area contributed by atoms with Crippen LogP contribution in [0.1, 0.15) is 6.92 Å². The summed E-state index contributed by atoms with van der Waals surface area (Å²) in [6.45, 7) is 2.02. The Morgan fingerprint density at radius 2 is 2.00 bits per heavy atom. The molecule has 6 nitrogen and oxygen atoms in total. The molecule has 0 fully saturated rings. The van der Waals surface area contributed by atoms with Crippen LogP contribution in [0.15, 0.2) is 75.3 Å². The SMILES string of the molecule is CCOC(=O)C1=NC(=Nc2ccccc2)SC1=C1C=CN(O)C=C1. The van der Waals surface area contributed by atoms with Crippen molar-refractivity contribution >= 4 is 34.3 Å². The van der Waals surface area contributed by atoms with Crippen LogP contribution in [0.25, 0.3) is 0 Å². The molecule has 0 spiro atoms. The molecule has 2 aliphatic rings. The highest BCUT2D eigenvalue weighted by molar-refractivity contribution is 8.18. The highest BCUT2D eigenvalue weighted by atomic mass is 32.2. The van der Waals surface area contributed by atoms with Crippen LogP contribution in [0.2, 0.25) is 0 Å². The summed E-state index contributed by atoms with van der Waals surface area (Å²) in [6.07, 6.45) is 6.36. The van der Waals surface area contributed by atoms with Gasteiger partial charge in [-0.25, -0.2) is 19.8 Å². The molecule has 0 saturated heterocycles. The van der Waals surface area contributed by atoms with Gasteiger partial charge in [0.15, 0.2) is 10.9 Å². The van der Waals surface area contributed by atoms with Crippen LogP contribution in [0.5, 0.6) is 0 Å². The lowest BCUT2D eigenvalue weighted by Gasteiger charge is -2.12. The molecule has 122 valence electrons. The minimum Gasteiger partial charge on any atom is -0.461 e. The summed E-state index contributed by atoms with van der Waals surface area (Å²) in [7, 11) is 0. The molecule has 2 aliphatic heterocycles. The molecule has 2 heterocycles. The number of ether oxygens (including phenoxy) is 1. The number of para-hydroxylation sites is 1. The molecule has 0 atom stereocenters. The summed E-state index contributed by atoms with van der Waals surface area (Å²) >= 11 is 1.30. The van der Waals surface area contributed by atoms with E-state index in [2.05, 4.69) is 9.98 Å². The summed E-state index contributed by atoms with van der Waals surface area (Å²) in [5.74, 6) is -0.487. The van der Waals surface area contributed by atoms with E-state index in [4.69, 9.17) is 4.74 Å². The molecular weight excluding hydrogens is 326 g/mol. The third kappa shape index (κ3) is 3.64. The minimum atomic E-state index is -0.487. The van der Waals surface area contributed by atoms with Crippen molar-refractivity contribution in [2.24, 2.45) is 9.98 Å². The van der Waals surface area contributed by atoms with E-state index < -0.39 is 5.97 Å². The maximum atomic E-state index is 12.2. The zero-order valence-corrected chi connectivity index (χ0v) is 13.7. The molecule has 7 heteroatoms. The molecule has 0 saturated carbocycles. The molecule has 0 radical (unpaired) electrons. The number of esters is 1. The van der Waals surface area contributed by atoms with Gasteiger partial charge in [-0.15, -0.1) is 0 Å². The molecular formula is C17H15N3O3S. The van der Waals surface area contributed by atoms with Crippen LogP contribution in [0.4, 0.5) is 5.69 Å². The first-order valence-electron chi connectivity index (χ1n) is 7.33. The lowest BCUT2D eigenvalue weighted by atomic mass is 10.1. The molecule has 0 unspecified atom stereocenters. The molecule has 1 aromatic carbocycles. The molecule has 24 heavy (non-hydrogen) atoms. The fraction of sp³-hybridized carbons (Fsp3) is 0.118. The maximum absolute atomic E-state index is 12.2. The van der Waals surface area contributed by atoms with Gasteiger partial charge in [-0.1, -0.05) is 18.2 Å². The Hall–Kier alpha value is -2.64. The zero-order chi connectivity index (χ0) is 16.9.